The second-order valence-electron chi connectivity index (χ2n) is 3.53. The van der Waals surface area contributed by atoms with Crippen molar-refractivity contribution >= 4 is 16.0 Å². The van der Waals surface area contributed by atoms with E-state index >= 15 is 0 Å². The van der Waals surface area contributed by atoms with Crippen molar-refractivity contribution in [3.63, 3.8) is 0 Å². The Morgan fingerprint density at radius 2 is 2.00 bits per heavy atom. The predicted molar refractivity (Wildman–Crippen MR) is 56.7 cm³/mol. The van der Waals surface area contributed by atoms with Gasteiger partial charge in [-0.3, -0.25) is 14.2 Å². The normalized spacial score (nSPS) is 18.3. The molecule has 7 nitrogen and oxygen atoms in total. The minimum Gasteiger partial charge on any atom is -0.379 e. The maximum Gasteiger partial charge on any atom is 0.274 e. The monoisotopic (exact) mass is 252 g/mol. The van der Waals surface area contributed by atoms with Gasteiger partial charge in [-0.1, -0.05) is 0 Å². The van der Waals surface area contributed by atoms with Crippen LogP contribution in [0.25, 0.3) is 0 Å². The molecule has 1 fully saturated rings. The van der Waals surface area contributed by atoms with Gasteiger partial charge in [0.25, 0.3) is 10.1 Å². The summed E-state index contributed by atoms with van der Waals surface area (Å²) in [6, 6.07) is 0. The molecule has 0 aromatic rings. The topological polar surface area (TPSA) is 95.9 Å². The van der Waals surface area contributed by atoms with Crippen LogP contribution in [0.15, 0.2) is 0 Å². The van der Waals surface area contributed by atoms with Crippen LogP contribution in [0.3, 0.4) is 0 Å². The van der Waals surface area contributed by atoms with Crippen molar-refractivity contribution < 1.29 is 22.5 Å². The Morgan fingerprint density at radius 1 is 1.38 bits per heavy atom. The Bertz CT molecular complexity index is 323. The first kappa shape index (κ1) is 13.4. The second-order valence-corrected chi connectivity index (χ2v) is 4.98. The molecule has 0 radical (unpaired) electrons. The molecular formula is C8H16N2O5S. The van der Waals surface area contributed by atoms with E-state index < -0.39 is 21.8 Å². The Balaban J connectivity index is 2.12. The SMILES string of the molecule is O=C(CS(=O)(=O)O)NCCN1CCOCC1. The highest BCUT2D eigenvalue weighted by Gasteiger charge is 2.13. The second kappa shape index (κ2) is 6.14. The van der Waals surface area contributed by atoms with Gasteiger partial charge in [-0.25, -0.2) is 0 Å². The fraction of sp³-hybridized carbons (Fsp3) is 0.875. The molecule has 1 aliphatic rings. The van der Waals surface area contributed by atoms with Gasteiger partial charge < -0.3 is 10.1 Å². The first-order valence-electron chi connectivity index (χ1n) is 4.99. The Kier molecular flexibility index (Phi) is 5.13. The summed E-state index contributed by atoms with van der Waals surface area (Å²) in [6.45, 7) is 4.01. The third-order valence-corrected chi connectivity index (χ3v) is 2.79. The van der Waals surface area contributed by atoms with Gasteiger partial charge in [0.2, 0.25) is 5.91 Å². The number of hydrogen-bond acceptors (Lipinski definition) is 5. The van der Waals surface area contributed by atoms with E-state index in [4.69, 9.17) is 9.29 Å². The highest BCUT2D eigenvalue weighted by atomic mass is 32.2. The standard InChI is InChI=1S/C8H16N2O5S/c11-8(7-16(12,13)14)9-1-2-10-3-5-15-6-4-10/h1-7H2,(H,9,11)(H,12,13,14). The highest BCUT2D eigenvalue weighted by Crippen LogP contribution is 1.94. The highest BCUT2D eigenvalue weighted by molar-refractivity contribution is 7.86. The minimum absolute atomic E-state index is 0.369. The van der Waals surface area contributed by atoms with Gasteiger partial charge >= 0.3 is 0 Å². The lowest BCUT2D eigenvalue weighted by atomic mass is 10.4. The predicted octanol–water partition coefficient (Wildman–Crippen LogP) is -1.68. The largest absolute Gasteiger partial charge is 0.379 e. The number of rotatable bonds is 5. The molecule has 0 aliphatic carbocycles. The Hall–Kier alpha value is -0.700. The van der Waals surface area contributed by atoms with E-state index in [1.165, 1.54) is 0 Å². The molecule has 1 aliphatic heterocycles. The van der Waals surface area contributed by atoms with Crippen molar-refractivity contribution in [2.75, 3.05) is 45.1 Å². The van der Waals surface area contributed by atoms with Crippen LogP contribution in [0.5, 0.6) is 0 Å². The van der Waals surface area contributed by atoms with E-state index in [2.05, 4.69) is 10.2 Å². The van der Waals surface area contributed by atoms with E-state index in [1.807, 2.05) is 0 Å². The zero-order valence-corrected chi connectivity index (χ0v) is 9.70. The molecule has 1 heterocycles. The molecule has 94 valence electrons. The molecule has 0 unspecified atom stereocenters. The van der Waals surface area contributed by atoms with Crippen molar-refractivity contribution in [1.82, 2.24) is 10.2 Å². The van der Waals surface area contributed by atoms with Gasteiger partial charge in [0.1, 0.15) is 0 Å². The summed E-state index contributed by atoms with van der Waals surface area (Å²) >= 11 is 0. The summed E-state index contributed by atoms with van der Waals surface area (Å²) in [5.74, 6) is -1.56. The van der Waals surface area contributed by atoms with Crippen LogP contribution < -0.4 is 5.32 Å². The third-order valence-electron chi connectivity index (χ3n) is 2.17. The quantitative estimate of drug-likeness (QED) is 0.568. The van der Waals surface area contributed by atoms with E-state index in [-0.39, 0.29) is 0 Å². The fourth-order valence-corrected chi connectivity index (χ4v) is 1.83. The van der Waals surface area contributed by atoms with E-state index in [0.29, 0.717) is 26.3 Å². The first-order chi connectivity index (χ1) is 7.47. The van der Waals surface area contributed by atoms with Crippen LogP contribution in [0, 0.1) is 0 Å². The van der Waals surface area contributed by atoms with Gasteiger partial charge in [0.15, 0.2) is 5.75 Å². The first-order valence-corrected chi connectivity index (χ1v) is 6.60. The van der Waals surface area contributed by atoms with Crippen molar-refractivity contribution in [3.8, 4) is 0 Å². The molecule has 1 rings (SSSR count). The van der Waals surface area contributed by atoms with Crippen LogP contribution >= 0.6 is 0 Å². The van der Waals surface area contributed by atoms with E-state index in [9.17, 15) is 13.2 Å². The molecule has 0 spiro atoms. The Morgan fingerprint density at radius 3 is 2.56 bits per heavy atom. The number of nitrogens with zero attached hydrogens (tertiary/aromatic N) is 1. The zero-order valence-electron chi connectivity index (χ0n) is 8.89. The molecule has 0 aromatic carbocycles. The average Bonchev–Trinajstić information content (AvgIpc) is 2.16. The molecule has 0 saturated carbocycles. The lowest BCUT2D eigenvalue weighted by Gasteiger charge is -2.26. The molecule has 2 N–H and O–H groups in total. The average molecular weight is 252 g/mol. The molecule has 0 atom stereocenters. The molecule has 8 heteroatoms. The Labute approximate surface area is 94.5 Å². The van der Waals surface area contributed by atoms with Crippen LogP contribution in [0.2, 0.25) is 0 Å². The van der Waals surface area contributed by atoms with Crippen LogP contribution in [0.1, 0.15) is 0 Å². The van der Waals surface area contributed by atoms with Crippen LogP contribution in [0.4, 0.5) is 0 Å². The molecule has 0 bridgehead atoms. The van der Waals surface area contributed by atoms with Crippen LogP contribution in [-0.4, -0.2) is 68.9 Å². The number of morpholine rings is 1. The third kappa shape index (κ3) is 6.01. The van der Waals surface area contributed by atoms with Gasteiger partial charge in [-0.05, 0) is 0 Å². The lowest BCUT2D eigenvalue weighted by molar-refractivity contribution is -0.118. The van der Waals surface area contributed by atoms with Crippen molar-refractivity contribution in [1.29, 1.82) is 0 Å². The summed E-state index contributed by atoms with van der Waals surface area (Å²) in [4.78, 5) is 13.1. The maximum absolute atomic E-state index is 11.0. The van der Waals surface area contributed by atoms with Crippen molar-refractivity contribution in [2.24, 2.45) is 0 Å². The maximum atomic E-state index is 11.0. The van der Waals surface area contributed by atoms with Gasteiger partial charge in [0, 0.05) is 26.2 Å². The smallest absolute Gasteiger partial charge is 0.274 e. The summed E-state index contributed by atoms with van der Waals surface area (Å²) in [5, 5.41) is 2.43. The molecular weight excluding hydrogens is 236 g/mol. The summed E-state index contributed by atoms with van der Waals surface area (Å²) in [6.07, 6.45) is 0. The summed E-state index contributed by atoms with van der Waals surface area (Å²) < 4.78 is 34.3. The zero-order chi connectivity index (χ0) is 12.0. The van der Waals surface area contributed by atoms with Crippen molar-refractivity contribution in [3.05, 3.63) is 0 Å². The lowest BCUT2D eigenvalue weighted by Crippen LogP contribution is -2.42. The number of carbonyl (C=O) groups excluding carboxylic acids is 1. The van der Waals surface area contributed by atoms with Gasteiger partial charge in [-0.15, -0.1) is 0 Å². The van der Waals surface area contributed by atoms with Gasteiger partial charge in [0.05, 0.1) is 13.2 Å². The number of hydrogen-bond donors (Lipinski definition) is 2. The number of amides is 1. The van der Waals surface area contributed by atoms with Gasteiger partial charge in [-0.2, -0.15) is 8.42 Å². The fourth-order valence-electron chi connectivity index (χ4n) is 1.39. The molecule has 16 heavy (non-hydrogen) atoms. The minimum atomic E-state index is -4.22. The summed E-state index contributed by atoms with van der Waals surface area (Å²) in [7, 11) is -4.22. The van der Waals surface area contributed by atoms with Crippen molar-refractivity contribution in [2.45, 2.75) is 0 Å². The molecule has 1 saturated heterocycles. The molecule has 0 aromatic heterocycles. The summed E-state index contributed by atoms with van der Waals surface area (Å²) in [5.41, 5.74) is 0. The number of ether oxygens (including phenoxy) is 1. The molecule has 1 amide bonds. The van der Waals surface area contributed by atoms with Crippen LogP contribution in [-0.2, 0) is 19.6 Å². The van der Waals surface area contributed by atoms with E-state index in [1.54, 1.807) is 0 Å². The number of nitrogens with one attached hydrogen (secondary N) is 1. The number of carbonyl (C=O) groups is 1. The van der Waals surface area contributed by atoms with E-state index in [0.717, 1.165) is 13.1 Å².